The highest BCUT2D eigenvalue weighted by Crippen LogP contribution is 2.31. The van der Waals surface area contributed by atoms with Crippen LogP contribution in [0.3, 0.4) is 0 Å². The molecule has 0 aliphatic carbocycles. The predicted molar refractivity (Wildman–Crippen MR) is 103 cm³/mol. The molecule has 0 amide bonds. The summed E-state index contributed by atoms with van der Waals surface area (Å²) in [5, 5.41) is 7.11. The van der Waals surface area contributed by atoms with Crippen LogP contribution in [0.15, 0.2) is 65.1 Å². The van der Waals surface area contributed by atoms with Crippen molar-refractivity contribution in [1.82, 2.24) is 4.98 Å². The molecule has 2 heterocycles. The summed E-state index contributed by atoms with van der Waals surface area (Å²) >= 11 is 1.55. The van der Waals surface area contributed by atoms with Crippen LogP contribution in [0.2, 0.25) is 0 Å². The Labute approximate surface area is 151 Å². The number of hydrogen-bond donors (Lipinski definition) is 1. The zero-order chi connectivity index (χ0) is 17.1. The van der Waals surface area contributed by atoms with Crippen LogP contribution in [-0.4, -0.2) is 24.4 Å². The van der Waals surface area contributed by atoms with Gasteiger partial charge in [-0.3, -0.25) is 5.43 Å². The molecule has 0 atom stereocenters. The van der Waals surface area contributed by atoms with Gasteiger partial charge in [-0.25, -0.2) is 4.98 Å². The van der Waals surface area contributed by atoms with Crippen molar-refractivity contribution in [2.45, 2.75) is 12.3 Å². The normalized spacial score (nSPS) is 15.9. The first-order chi connectivity index (χ1) is 12.2. The number of hydrazone groups is 1. The van der Waals surface area contributed by atoms with Gasteiger partial charge in [-0.15, -0.1) is 11.3 Å². The van der Waals surface area contributed by atoms with Gasteiger partial charge in [-0.2, -0.15) is 5.10 Å². The molecule has 0 spiro atoms. The van der Waals surface area contributed by atoms with E-state index in [2.05, 4.69) is 58.8 Å². The third kappa shape index (κ3) is 3.48. The second kappa shape index (κ2) is 6.78. The van der Waals surface area contributed by atoms with Gasteiger partial charge in [0.1, 0.15) is 0 Å². The monoisotopic (exact) mass is 349 g/mol. The Hall–Kier alpha value is -2.50. The lowest BCUT2D eigenvalue weighted by molar-refractivity contribution is -0.0500. The number of nitrogens with zero attached hydrogens (tertiary/aromatic N) is 2. The summed E-state index contributed by atoms with van der Waals surface area (Å²) in [6.07, 6.45) is 1.81. The van der Waals surface area contributed by atoms with E-state index in [9.17, 15) is 0 Å². The van der Waals surface area contributed by atoms with Crippen molar-refractivity contribution < 1.29 is 4.74 Å². The predicted octanol–water partition coefficient (Wildman–Crippen LogP) is 4.54. The summed E-state index contributed by atoms with van der Waals surface area (Å²) in [5.41, 5.74) is 7.62. The van der Waals surface area contributed by atoms with Gasteiger partial charge in [-0.1, -0.05) is 61.5 Å². The molecule has 1 aromatic heterocycles. The van der Waals surface area contributed by atoms with E-state index >= 15 is 0 Å². The fourth-order valence-corrected chi connectivity index (χ4v) is 3.44. The Kier molecular flexibility index (Phi) is 4.34. The zero-order valence-electron chi connectivity index (χ0n) is 14.0. The van der Waals surface area contributed by atoms with Gasteiger partial charge in [0.15, 0.2) is 0 Å². The third-order valence-corrected chi connectivity index (χ3v) is 5.14. The lowest BCUT2D eigenvalue weighted by atomic mass is 9.81. The molecular formula is C20H19N3OS. The molecule has 2 aromatic carbocycles. The third-order valence-electron chi connectivity index (χ3n) is 4.40. The molecule has 1 N–H and O–H groups in total. The van der Waals surface area contributed by atoms with Crippen LogP contribution in [0, 0.1) is 0 Å². The van der Waals surface area contributed by atoms with Crippen molar-refractivity contribution in [2.24, 2.45) is 5.10 Å². The van der Waals surface area contributed by atoms with Crippen molar-refractivity contribution in [2.75, 3.05) is 18.6 Å². The van der Waals surface area contributed by atoms with E-state index in [4.69, 9.17) is 4.74 Å². The fraction of sp³-hybridized carbons (Fsp3) is 0.200. The molecule has 5 heteroatoms. The quantitative estimate of drug-likeness (QED) is 0.543. The van der Waals surface area contributed by atoms with Gasteiger partial charge in [0.2, 0.25) is 5.13 Å². The second-order valence-electron chi connectivity index (χ2n) is 6.45. The summed E-state index contributed by atoms with van der Waals surface area (Å²) in [5.74, 6) is 0. The van der Waals surface area contributed by atoms with E-state index in [1.807, 2.05) is 29.8 Å². The van der Waals surface area contributed by atoms with Crippen LogP contribution < -0.4 is 5.43 Å². The number of thiazole rings is 1. The van der Waals surface area contributed by atoms with E-state index in [0.29, 0.717) is 0 Å². The summed E-state index contributed by atoms with van der Waals surface area (Å²) in [6.45, 7) is 3.83. The van der Waals surface area contributed by atoms with E-state index in [1.165, 1.54) is 5.56 Å². The van der Waals surface area contributed by atoms with Crippen LogP contribution in [0.4, 0.5) is 5.13 Å². The molecule has 0 unspecified atom stereocenters. The summed E-state index contributed by atoms with van der Waals surface area (Å²) in [7, 11) is 0. The number of anilines is 1. The highest BCUT2D eigenvalue weighted by Gasteiger charge is 2.34. The maximum Gasteiger partial charge on any atom is 0.203 e. The summed E-state index contributed by atoms with van der Waals surface area (Å²) in [4.78, 5) is 4.56. The lowest BCUT2D eigenvalue weighted by Crippen LogP contribution is -2.43. The lowest BCUT2D eigenvalue weighted by Gasteiger charge is -2.38. The molecule has 1 aliphatic heterocycles. The van der Waals surface area contributed by atoms with Crippen LogP contribution in [0.1, 0.15) is 18.1 Å². The van der Waals surface area contributed by atoms with Crippen LogP contribution in [0.25, 0.3) is 11.3 Å². The first kappa shape index (κ1) is 16.0. The molecule has 4 rings (SSSR count). The minimum Gasteiger partial charge on any atom is -0.379 e. The van der Waals surface area contributed by atoms with E-state index in [0.717, 1.165) is 35.2 Å². The SMILES string of the molecule is CC1(c2ccc(C=NNc3nc(-c4ccccc4)cs3)cc2)COC1. The van der Waals surface area contributed by atoms with Gasteiger partial charge in [0, 0.05) is 16.4 Å². The topological polar surface area (TPSA) is 46.5 Å². The van der Waals surface area contributed by atoms with Crippen LogP contribution in [-0.2, 0) is 10.2 Å². The standard InChI is InChI=1S/C20H19N3OS/c1-20(13-24-14-20)17-9-7-15(8-10-17)11-21-23-19-22-18(12-25-19)16-5-3-2-4-6-16/h2-12H,13-14H2,1H3,(H,22,23). The zero-order valence-corrected chi connectivity index (χ0v) is 14.8. The maximum atomic E-state index is 5.33. The van der Waals surface area contributed by atoms with Crippen molar-refractivity contribution in [3.63, 3.8) is 0 Å². The number of hydrogen-bond acceptors (Lipinski definition) is 5. The van der Waals surface area contributed by atoms with Gasteiger partial charge in [-0.05, 0) is 11.1 Å². The molecule has 3 aromatic rings. The minimum atomic E-state index is 0.169. The maximum absolute atomic E-state index is 5.33. The highest BCUT2D eigenvalue weighted by atomic mass is 32.1. The minimum absolute atomic E-state index is 0.169. The molecular weight excluding hydrogens is 330 g/mol. The van der Waals surface area contributed by atoms with Gasteiger partial charge in [0.05, 0.1) is 25.1 Å². The average Bonchev–Trinajstić information content (AvgIpc) is 3.10. The largest absolute Gasteiger partial charge is 0.379 e. The molecule has 126 valence electrons. The Morgan fingerprint density at radius 1 is 1.12 bits per heavy atom. The number of benzene rings is 2. The Bertz CT molecular complexity index is 867. The van der Waals surface area contributed by atoms with Crippen molar-refractivity contribution >= 4 is 22.7 Å². The molecule has 1 aliphatic rings. The van der Waals surface area contributed by atoms with Gasteiger partial charge >= 0.3 is 0 Å². The van der Waals surface area contributed by atoms with E-state index in [-0.39, 0.29) is 5.41 Å². The molecule has 0 radical (unpaired) electrons. The number of rotatable bonds is 5. The van der Waals surface area contributed by atoms with Crippen LogP contribution in [0.5, 0.6) is 0 Å². The highest BCUT2D eigenvalue weighted by molar-refractivity contribution is 7.14. The molecule has 1 fully saturated rings. The molecule has 0 bridgehead atoms. The van der Waals surface area contributed by atoms with E-state index in [1.54, 1.807) is 11.3 Å². The Balaban J connectivity index is 1.39. The Morgan fingerprint density at radius 3 is 2.56 bits per heavy atom. The van der Waals surface area contributed by atoms with Crippen molar-refractivity contribution in [1.29, 1.82) is 0 Å². The van der Waals surface area contributed by atoms with Crippen LogP contribution >= 0.6 is 11.3 Å². The smallest absolute Gasteiger partial charge is 0.203 e. The number of ether oxygens (including phenoxy) is 1. The Morgan fingerprint density at radius 2 is 1.88 bits per heavy atom. The fourth-order valence-electron chi connectivity index (χ4n) is 2.78. The molecule has 25 heavy (non-hydrogen) atoms. The molecule has 1 saturated heterocycles. The van der Waals surface area contributed by atoms with Gasteiger partial charge < -0.3 is 4.74 Å². The average molecular weight is 349 g/mol. The van der Waals surface area contributed by atoms with Crippen molar-refractivity contribution in [3.8, 4) is 11.3 Å². The summed E-state index contributed by atoms with van der Waals surface area (Å²) < 4.78 is 5.33. The van der Waals surface area contributed by atoms with Crippen molar-refractivity contribution in [3.05, 3.63) is 71.1 Å². The number of nitrogens with one attached hydrogen (secondary N) is 1. The second-order valence-corrected chi connectivity index (χ2v) is 7.31. The molecule has 4 nitrogen and oxygen atoms in total. The number of aromatic nitrogens is 1. The first-order valence-electron chi connectivity index (χ1n) is 8.21. The first-order valence-corrected chi connectivity index (χ1v) is 9.09. The van der Waals surface area contributed by atoms with Gasteiger partial charge in [0.25, 0.3) is 0 Å². The molecule has 0 saturated carbocycles. The summed E-state index contributed by atoms with van der Waals surface area (Å²) in [6, 6.07) is 18.6. The van der Waals surface area contributed by atoms with E-state index < -0.39 is 0 Å².